The lowest BCUT2D eigenvalue weighted by molar-refractivity contribution is -0.220. The molecule has 0 saturated heterocycles. The normalized spacial score (nSPS) is 22.3. The second-order valence-electron chi connectivity index (χ2n) is 16.3. The molecule has 13 nitrogen and oxygen atoms in total. The smallest absolute Gasteiger partial charge is 0.462 e. The van der Waals surface area contributed by atoms with Gasteiger partial charge in [0.05, 0.1) is 6.61 Å². The van der Waals surface area contributed by atoms with Crippen molar-refractivity contribution in [1.29, 1.82) is 0 Å². The summed E-state index contributed by atoms with van der Waals surface area (Å²) in [4.78, 5) is 35.7. The van der Waals surface area contributed by atoms with Gasteiger partial charge in [-0.3, -0.25) is 18.6 Å². The molecule has 6 N–H and O–H groups in total. The molecule has 0 bridgehead atoms. The summed E-state index contributed by atoms with van der Waals surface area (Å²) in [6.45, 7) is 3.08. The lowest BCUT2D eigenvalue weighted by Crippen LogP contribution is -2.64. The number of rotatable bonds is 38. The van der Waals surface area contributed by atoms with Crippen LogP contribution in [-0.2, 0) is 32.7 Å². The summed E-state index contributed by atoms with van der Waals surface area (Å²) in [5.41, 5.74) is 0. The highest BCUT2D eigenvalue weighted by Crippen LogP contribution is 2.47. The minimum Gasteiger partial charge on any atom is -0.462 e. The Balaban J connectivity index is 2.51. The number of aliphatic hydroxyl groups excluding tert-OH is 5. The molecule has 0 aromatic rings. The highest BCUT2D eigenvalue weighted by Gasteiger charge is 2.51. The van der Waals surface area contributed by atoms with E-state index in [1.54, 1.807) is 0 Å². The number of allylic oxidation sites excluding steroid dienone is 16. The number of hydrogen-bond donors (Lipinski definition) is 6. The Hall–Kier alpha value is -3.23. The first kappa shape index (κ1) is 59.8. The van der Waals surface area contributed by atoms with Crippen LogP contribution in [0.25, 0.3) is 0 Å². The highest BCUT2D eigenvalue weighted by atomic mass is 31.2. The van der Waals surface area contributed by atoms with Crippen LogP contribution in [0.1, 0.15) is 155 Å². The Morgan fingerprint density at radius 2 is 0.954 bits per heavy atom. The van der Waals surface area contributed by atoms with Gasteiger partial charge in [0.2, 0.25) is 0 Å². The minimum absolute atomic E-state index is 0.00946. The van der Waals surface area contributed by atoms with Gasteiger partial charge in [-0.15, -0.1) is 0 Å². The molecule has 0 aromatic carbocycles. The van der Waals surface area contributed by atoms with Gasteiger partial charge >= 0.3 is 19.8 Å². The third kappa shape index (κ3) is 32.2. The Morgan fingerprint density at radius 1 is 0.508 bits per heavy atom. The molecule has 1 rings (SSSR count). The highest BCUT2D eigenvalue weighted by molar-refractivity contribution is 7.47. The van der Waals surface area contributed by atoms with Crippen molar-refractivity contribution in [3.63, 3.8) is 0 Å². The maximum atomic E-state index is 12.8. The Kier molecular flexibility index (Phi) is 36.7. The van der Waals surface area contributed by atoms with Gasteiger partial charge in [0.25, 0.3) is 0 Å². The molecule has 8 atom stereocenters. The van der Waals surface area contributed by atoms with Crippen LogP contribution in [0.4, 0.5) is 0 Å². The van der Waals surface area contributed by atoms with E-state index in [-0.39, 0.29) is 12.8 Å². The van der Waals surface area contributed by atoms with Gasteiger partial charge in [0.1, 0.15) is 43.2 Å². The van der Waals surface area contributed by atoms with E-state index >= 15 is 0 Å². The number of unbranched alkanes of at least 4 members (excludes halogenated alkanes) is 13. The molecule has 1 aliphatic carbocycles. The SMILES string of the molecule is CC/C=C/C=C/C=C/C=C/CCCCCCCC(=O)OC[C@H](COP(=O)(O)OC1C(O)C(O)C(O)[C@@H](O)C1O)OC(=O)CCC/C=C/C/C=C/C/C=C/C/C=C/CCCCCCCCC. The molecule has 0 aromatic heterocycles. The quantitative estimate of drug-likeness (QED) is 0.0112. The molecule has 1 saturated carbocycles. The Bertz CT molecular complexity index is 1500. The van der Waals surface area contributed by atoms with E-state index in [4.69, 9.17) is 18.5 Å². The molecule has 0 spiro atoms. The van der Waals surface area contributed by atoms with Gasteiger partial charge in [-0.1, -0.05) is 169 Å². The van der Waals surface area contributed by atoms with Gasteiger partial charge in [-0.25, -0.2) is 4.57 Å². The average molecular weight is 935 g/mol. The van der Waals surface area contributed by atoms with Crippen molar-refractivity contribution in [1.82, 2.24) is 0 Å². The molecule has 65 heavy (non-hydrogen) atoms. The van der Waals surface area contributed by atoms with Crippen LogP contribution in [-0.4, -0.2) is 98.3 Å². The first-order valence-corrected chi connectivity index (χ1v) is 25.6. The molecule has 14 heteroatoms. The van der Waals surface area contributed by atoms with Gasteiger partial charge in [-0.05, 0) is 70.6 Å². The van der Waals surface area contributed by atoms with Gasteiger partial charge in [0.15, 0.2) is 6.10 Å². The molecule has 0 aliphatic heterocycles. The first-order chi connectivity index (χ1) is 31.4. The molecule has 1 fully saturated rings. The number of aliphatic hydroxyl groups is 5. The largest absolute Gasteiger partial charge is 0.472 e. The zero-order valence-electron chi connectivity index (χ0n) is 39.2. The van der Waals surface area contributed by atoms with E-state index in [1.807, 2.05) is 48.6 Å². The van der Waals surface area contributed by atoms with Crippen LogP contribution in [0.2, 0.25) is 0 Å². The molecule has 370 valence electrons. The summed E-state index contributed by atoms with van der Waals surface area (Å²) in [5.74, 6) is -1.20. The number of carbonyl (C=O) groups excluding carboxylic acids is 2. The molecule has 0 amide bonds. The predicted octanol–water partition coefficient (Wildman–Crippen LogP) is 9.83. The lowest BCUT2D eigenvalue weighted by atomic mass is 9.85. The fourth-order valence-corrected chi connectivity index (χ4v) is 7.61. The van der Waals surface area contributed by atoms with Gasteiger partial charge in [0, 0.05) is 12.8 Å². The zero-order chi connectivity index (χ0) is 47.8. The summed E-state index contributed by atoms with van der Waals surface area (Å²) < 4.78 is 33.5. The van der Waals surface area contributed by atoms with Crippen LogP contribution in [0.5, 0.6) is 0 Å². The van der Waals surface area contributed by atoms with Crippen molar-refractivity contribution < 1.29 is 63.1 Å². The molecule has 1 aliphatic rings. The molecular weight excluding hydrogens is 852 g/mol. The number of ether oxygens (including phenoxy) is 2. The second kappa shape index (κ2) is 39.9. The number of phosphoric ester groups is 1. The van der Waals surface area contributed by atoms with E-state index in [2.05, 4.69) is 62.5 Å². The molecule has 0 radical (unpaired) electrons. The number of hydrogen-bond acceptors (Lipinski definition) is 12. The van der Waals surface area contributed by atoms with Crippen LogP contribution in [0.3, 0.4) is 0 Å². The van der Waals surface area contributed by atoms with E-state index in [1.165, 1.54) is 44.9 Å². The third-order valence-corrected chi connectivity index (χ3v) is 11.5. The molecule has 6 unspecified atom stereocenters. The van der Waals surface area contributed by atoms with E-state index in [0.29, 0.717) is 19.3 Å². The summed E-state index contributed by atoms with van der Waals surface area (Å²) >= 11 is 0. The topological polar surface area (TPSA) is 210 Å². The van der Waals surface area contributed by atoms with Gasteiger partial charge < -0.3 is 39.9 Å². The monoisotopic (exact) mass is 935 g/mol. The molecule has 0 heterocycles. The average Bonchev–Trinajstić information content (AvgIpc) is 3.29. The van der Waals surface area contributed by atoms with Crippen LogP contribution >= 0.6 is 7.82 Å². The van der Waals surface area contributed by atoms with E-state index in [9.17, 15) is 44.6 Å². The summed E-state index contributed by atoms with van der Waals surface area (Å²) in [5, 5.41) is 50.2. The molecular formula is C51H83O13P. The van der Waals surface area contributed by atoms with Crippen LogP contribution < -0.4 is 0 Å². The van der Waals surface area contributed by atoms with Crippen LogP contribution in [0, 0.1) is 0 Å². The van der Waals surface area contributed by atoms with Crippen molar-refractivity contribution in [3.8, 4) is 0 Å². The van der Waals surface area contributed by atoms with E-state index in [0.717, 1.165) is 64.2 Å². The maximum absolute atomic E-state index is 12.8. The third-order valence-electron chi connectivity index (χ3n) is 10.5. The fraction of sp³-hybridized carbons (Fsp3) is 0.647. The number of esters is 2. The number of phosphoric acid groups is 1. The summed E-state index contributed by atoms with van der Waals surface area (Å²) in [6, 6.07) is 0. The van der Waals surface area contributed by atoms with E-state index < -0.39 is 75.7 Å². The standard InChI is InChI=1S/C51H83O13P/c1-3-5-7-9-11-13-15-17-19-20-21-22-23-24-26-28-30-32-34-36-38-40-45(53)63-43(42-62-65(59,60)64-51-49(57)47(55)46(54)48(56)50(51)58)41-61-44(52)39-37-35-33-31-29-27-25-18-16-14-12-10-8-6-4-2/h6,8,10,12,14,16,18-20,22-23,25-26,28,32,34,43,46-51,54-58H,3-5,7,9,11,13,15,17,21,24,27,29-31,33,35-42H2,1-2H3,(H,59,60)/b8-6+,12-10+,16-14+,20-19+,23-22+,25-18+,28-26+,34-32+/t43-,46?,47-,48?,49?,50?,51?/m1/s1. The fourth-order valence-electron chi connectivity index (χ4n) is 6.64. The van der Waals surface area contributed by atoms with Crippen molar-refractivity contribution in [2.75, 3.05) is 13.2 Å². The Morgan fingerprint density at radius 3 is 1.52 bits per heavy atom. The van der Waals surface area contributed by atoms with Gasteiger partial charge in [-0.2, -0.15) is 0 Å². The maximum Gasteiger partial charge on any atom is 0.472 e. The zero-order valence-corrected chi connectivity index (χ0v) is 40.1. The van der Waals surface area contributed by atoms with Crippen LogP contribution in [0.15, 0.2) is 97.2 Å². The van der Waals surface area contributed by atoms with Crippen molar-refractivity contribution in [2.45, 2.75) is 198 Å². The minimum atomic E-state index is -5.15. The van der Waals surface area contributed by atoms with Crippen molar-refractivity contribution >= 4 is 19.8 Å². The Labute approximate surface area is 390 Å². The second-order valence-corrected chi connectivity index (χ2v) is 17.7. The summed E-state index contributed by atoms with van der Waals surface area (Å²) in [7, 11) is -5.15. The van der Waals surface area contributed by atoms with Crippen molar-refractivity contribution in [2.24, 2.45) is 0 Å². The predicted molar refractivity (Wildman–Crippen MR) is 258 cm³/mol. The number of carbonyl (C=O) groups is 2. The lowest BCUT2D eigenvalue weighted by Gasteiger charge is -2.41. The first-order valence-electron chi connectivity index (χ1n) is 24.1. The summed E-state index contributed by atoms with van der Waals surface area (Å²) in [6.07, 6.45) is 40.4. The van der Waals surface area contributed by atoms with Crippen molar-refractivity contribution in [3.05, 3.63) is 97.2 Å².